The molecule has 32 nitrogen and oxygen atoms in total. The molecule has 3 aliphatic rings. The SMILES string of the molecule is CC(=O)NC1[C@H](OCCCCCCCCC(=O)NCCCN(CCCCN(CCCNC(=O)CCCCCCCCO[C@@H]2OC(CO)[C@H](O)[C@H](O)C2NC(C)=O)C(=O)C(O)COP(C)(C)=O)C(=O)CCCCCCCCO[C@@H]2OC(CO)[C@H](O)[C@H](O)C2NC(C)=O)OC(CO)[C@H](O)[C@@H]1O. The van der Waals surface area contributed by atoms with E-state index in [0.29, 0.717) is 96.7 Å². The van der Waals surface area contributed by atoms with Gasteiger partial charge in [0.2, 0.25) is 35.4 Å². The zero-order valence-electron chi connectivity index (χ0n) is 59.0. The number of aliphatic hydroxyl groups excluding tert-OH is 10. The molecule has 576 valence electrons. The number of aliphatic hydroxyl groups is 10. The van der Waals surface area contributed by atoms with Crippen molar-refractivity contribution < 1.29 is 122 Å². The topological polar surface area (TPSA) is 470 Å². The van der Waals surface area contributed by atoms with Crippen LogP contribution in [0.3, 0.4) is 0 Å². The minimum absolute atomic E-state index is 0.0584. The summed E-state index contributed by atoms with van der Waals surface area (Å²) in [7, 11) is -3.03. The average Bonchev–Trinajstić information content (AvgIpc) is 0.825. The first-order valence-electron chi connectivity index (χ1n) is 35.7. The molecule has 0 aromatic heterocycles. The molecule has 0 radical (unpaired) electrons. The molecule has 99 heavy (non-hydrogen) atoms. The second-order valence-corrected chi connectivity index (χ2v) is 29.2. The number of carbonyl (C=O) groups excluding carboxylic acids is 7. The third-order valence-corrected chi connectivity index (χ3v) is 18.2. The first-order chi connectivity index (χ1) is 47.2. The fourth-order valence-electron chi connectivity index (χ4n) is 11.9. The van der Waals surface area contributed by atoms with Crippen LogP contribution in [0.25, 0.3) is 0 Å². The number of rotatable bonds is 53. The van der Waals surface area contributed by atoms with Gasteiger partial charge in [0.1, 0.15) is 73.1 Å². The van der Waals surface area contributed by atoms with E-state index in [2.05, 4.69) is 26.6 Å². The van der Waals surface area contributed by atoms with Gasteiger partial charge < -0.3 is 120 Å². The number of carbonyl (C=O) groups is 7. The Bertz CT molecular complexity index is 2350. The van der Waals surface area contributed by atoms with Gasteiger partial charge in [-0.1, -0.05) is 77.0 Å². The summed E-state index contributed by atoms with van der Waals surface area (Å²) in [6, 6.07) is -3.04. The zero-order valence-corrected chi connectivity index (χ0v) is 59.9. The Morgan fingerprint density at radius 1 is 0.424 bits per heavy atom. The molecule has 33 heteroatoms. The van der Waals surface area contributed by atoms with Crippen molar-refractivity contribution in [3.8, 4) is 0 Å². The molecule has 3 fully saturated rings. The van der Waals surface area contributed by atoms with Crippen LogP contribution in [-0.2, 0) is 71.1 Å². The highest BCUT2D eigenvalue weighted by Crippen LogP contribution is 2.37. The van der Waals surface area contributed by atoms with Crippen LogP contribution in [-0.4, -0.2) is 299 Å². The summed E-state index contributed by atoms with van der Waals surface area (Å²) in [6.45, 7) is 6.97. The van der Waals surface area contributed by atoms with Gasteiger partial charge in [0, 0.05) is 112 Å². The highest BCUT2D eigenvalue weighted by Gasteiger charge is 2.48. The Balaban J connectivity index is 1.46. The number of nitrogens with zero attached hydrogens (tertiary/aromatic N) is 2. The first-order valence-corrected chi connectivity index (χ1v) is 38.3. The van der Waals surface area contributed by atoms with E-state index in [4.69, 9.17) is 32.9 Å². The molecule has 0 aromatic rings. The Morgan fingerprint density at radius 2 is 0.727 bits per heavy atom. The molecule has 0 saturated carbocycles. The van der Waals surface area contributed by atoms with Gasteiger partial charge in [-0.15, -0.1) is 0 Å². The lowest BCUT2D eigenvalue weighted by Gasteiger charge is -2.42. The maximum Gasteiger partial charge on any atom is 0.253 e. The van der Waals surface area contributed by atoms with Crippen molar-refractivity contribution in [3.05, 3.63) is 0 Å². The standard InChI is InChI=1S/C66H122N7O25P/c1-44(77)69-54-60(87)57(84)48(40-74)96-64(54)92-37-23-15-9-6-12-18-28-51(81)67-31-26-35-72(53(83)30-20-14-8-11-17-25-39-94-66-56(71-46(3)79)62(89)59(86)50(42-76)98-66)33-21-22-34-73(63(90)47(80)43-95-99(4,5)91)36-27-32-68-52(82)29-19-13-7-10-16-24-38-93-65-55(70-45(2)78)61(88)58(85)49(41-75)97-65/h47-50,54-62,64-66,74-76,80,84-89H,6-43H2,1-5H3,(H,67,81)(H,68,82)(H,69,77)(H,70,78)(H,71,79)/t47?,48?,49?,50?,54?,55?,56?,57-,58-,59-,60+,61+,62+,64+,65+,66+/m0/s1. The van der Waals surface area contributed by atoms with Crippen molar-refractivity contribution in [2.45, 2.75) is 279 Å². The van der Waals surface area contributed by atoms with E-state index >= 15 is 0 Å². The van der Waals surface area contributed by atoms with Crippen LogP contribution in [0.4, 0.5) is 0 Å². The molecule has 0 bridgehead atoms. The molecule has 15 N–H and O–H groups in total. The van der Waals surface area contributed by atoms with E-state index in [0.717, 1.165) is 77.0 Å². The van der Waals surface area contributed by atoms with E-state index in [9.17, 15) is 89.2 Å². The average molecular weight is 1440 g/mol. The fraction of sp³-hybridized carbons (Fsp3) is 0.894. The zero-order chi connectivity index (χ0) is 73.3. The molecule has 7 unspecified atom stereocenters. The lowest BCUT2D eigenvalue weighted by atomic mass is 9.97. The van der Waals surface area contributed by atoms with Crippen LogP contribution in [0.5, 0.6) is 0 Å². The molecular formula is C66H122N7O25P. The van der Waals surface area contributed by atoms with Crippen LogP contribution in [0.1, 0.15) is 181 Å². The monoisotopic (exact) mass is 1440 g/mol. The van der Waals surface area contributed by atoms with Crippen LogP contribution < -0.4 is 26.6 Å². The van der Waals surface area contributed by atoms with Crippen LogP contribution in [0, 0.1) is 0 Å². The van der Waals surface area contributed by atoms with Gasteiger partial charge in [0.15, 0.2) is 32.3 Å². The molecule has 0 spiro atoms. The fourth-order valence-corrected chi connectivity index (χ4v) is 12.4. The molecular weight excluding hydrogens is 1320 g/mol. The molecule has 3 saturated heterocycles. The quantitative estimate of drug-likeness (QED) is 0.0268. The molecule has 0 aliphatic carbocycles. The van der Waals surface area contributed by atoms with Crippen molar-refractivity contribution in [2.24, 2.45) is 0 Å². The minimum Gasteiger partial charge on any atom is -0.394 e. The largest absolute Gasteiger partial charge is 0.394 e. The molecule has 7 amide bonds. The van der Waals surface area contributed by atoms with Crippen molar-refractivity contribution in [1.29, 1.82) is 0 Å². The summed E-state index contributed by atoms with van der Waals surface area (Å²) in [5.41, 5.74) is 0. The van der Waals surface area contributed by atoms with Crippen LogP contribution >= 0.6 is 7.37 Å². The summed E-state index contributed by atoms with van der Waals surface area (Å²) in [4.78, 5) is 91.7. The molecule has 3 rings (SSSR count). The van der Waals surface area contributed by atoms with Gasteiger partial charge in [-0.2, -0.15) is 0 Å². The number of hydrogen-bond donors (Lipinski definition) is 15. The lowest BCUT2D eigenvalue weighted by molar-refractivity contribution is -0.270. The van der Waals surface area contributed by atoms with E-state index in [1.54, 1.807) is 4.90 Å². The molecule has 16 atom stereocenters. The van der Waals surface area contributed by atoms with Crippen molar-refractivity contribution >= 4 is 48.7 Å². The lowest BCUT2D eigenvalue weighted by Crippen LogP contribution is -2.64. The van der Waals surface area contributed by atoms with Gasteiger partial charge in [-0.3, -0.25) is 38.1 Å². The van der Waals surface area contributed by atoms with Crippen molar-refractivity contribution in [3.63, 3.8) is 0 Å². The van der Waals surface area contributed by atoms with Crippen molar-refractivity contribution in [2.75, 3.05) is 98.8 Å². The van der Waals surface area contributed by atoms with Gasteiger partial charge in [-0.25, -0.2) is 0 Å². The maximum absolute atomic E-state index is 13.9. The van der Waals surface area contributed by atoms with E-state index in [1.807, 2.05) is 0 Å². The number of hydrogen-bond acceptors (Lipinski definition) is 25. The summed E-state index contributed by atoms with van der Waals surface area (Å²) in [5, 5.41) is 115. The Labute approximate surface area is 583 Å². The predicted octanol–water partition coefficient (Wildman–Crippen LogP) is -0.575. The summed E-state index contributed by atoms with van der Waals surface area (Å²) < 4.78 is 51.9. The summed E-state index contributed by atoms with van der Waals surface area (Å²) in [5.74, 6) is -2.25. The van der Waals surface area contributed by atoms with E-state index in [-0.39, 0.29) is 63.6 Å². The van der Waals surface area contributed by atoms with E-state index in [1.165, 1.54) is 39.0 Å². The highest BCUT2D eigenvalue weighted by molar-refractivity contribution is 7.57. The number of amides is 7. The third-order valence-electron chi connectivity index (χ3n) is 17.4. The van der Waals surface area contributed by atoms with Crippen molar-refractivity contribution in [1.82, 2.24) is 36.4 Å². The van der Waals surface area contributed by atoms with Gasteiger partial charge in [0.25, 0.3) is 5.91 Å². The molecule has 3 aliphatic heterocycles. The Hall–Kier alpha value is -4.16. The second-order valence-electron chi connectivity index (χ2n) is 26.4. The van der Waals surface area contributed by atoms with Crippen LogP contribution in [0.15, 0.2) is 0 Å². The number of ether oxygens (including phenoxy) is 6. The van der Waals surface area contributed by atoms with Crippen LogP contribution in [0.2, 0.25) is 0 Å². The molecule has 0 aromatic carbocycles. The number of unbranched alkanes of at least 4 members (excludes halogenated alkanes) is 16. The van der Waals surface area contributed by atoms with Gasteiger partial charge in [-0.05, 0) is 64.2 Å². The molecule has 3 heterocycles. The summed E-state index contributed by atoms with van der Waals surface area (Å²) >= 11 is 0. The van der Waals surface area contributed by atoms with Gasteiger partial charge >= 0.3 is 0 Å². The smallest absolute Gasteiger partial charge is 0.253 e. The maximum atomic E-state index is 13.9. The Kier molecular flexibility index (Phi) is 45.2. The van der Waals surface area contributed by atoms with E-state index < -0.39 is 155 Å². The first kappa shape index (κ1) is 89.1. The van der Waals surface area contributed by atoms with Gasteiger partial charge in [0.05, 0.1) is 26.4 Å². The normalized spacial score (nSPS) is 25.9. The highest BCUT2D eigenvalue weighted by atomic mass is 31.2. The predicted molar refractivity (Wildman–Crippen MR) is 360 cm³/mol. The third kappa shape index (κ3) is 35.7. The summed E-state index contributed by atoms with van der Waals surface area (Å²) in [6.07, 6.45) is 0.206. The Morgan fingerprint density at radius 3 is 1.06 bits per heavy atom. The number of nitrogens with one attached hydrogen (secondary N) is 5. The second kappa shape index (κ2) is 50.3. The minimum atomic E-state index is -3.03.